The highest BCUT2D eigenvalue weighted by Crippen LogP contribution is 2.25. The molecule has 0 rings (SSSR count). The lowest BCUT2D eigenvalue weighted by Crippen LogP contribution is -2.43. The highest BCUT2D eigenvalue weighted by molar-refractivity contribution is 7.89. The van der Waals surface area contributed by atoms with E-state index in [2.05, 4.69) is 26.1 Å². The predicted molar refractivity (Wildman–Crippen MR) is 73.6 cm³/mol. The minimum absolute atomic E-state index is 0.0109. The number of unbranched alkanes of at least 4 members (excludes halogenated alkanes) is 1. The molecule has 0 aliphatic rings. The molecule has 104 valence electrons. The van der Waals surface area contributed by atoms with E-state index in [4.69, 9.17) is 0 Å². The van der Waals surface area contributed by atoms with Crippen molar-refractivity contribution in [2.75, 3.05) is 26.4 Å². The number of hydrogen-bond donors (Lipinski definition) is 1. The largest absolute Gasteiger partial charge is 0.320 e. The molecular formula is C12H28N2O2S. The van der Waals surface area contributed by atoms with Crippen LogP contribution in [-0.4, -0.2) is 45.2 Å². The molecule has 0 fully saturated rings. The summed E-state index contributed by atoms with van der Waals surface area (Å²) < 4.78 is 25.7. The van der Waals surface area contributed by atoms with Crippen molar-refractivity contribution in [2.24, 2.45) is 5.41 Å². The normalized spacial score (nSPS) is 15.2. The second kappa shape index (κ2) is 6.71. The summed E-state index contributed by atoms with van der Waals surface area (Å²) >= 11 is 0. The molecule has 0 saturated carbocycles. The van der Waals surface area contributed by atoms with E-state index in [1.54, 1.807) is 7.05 Å². The van der Waals surface area contributed by atoms with Gasteiger partial charge in [-0.15, -0.1) is 0 Å². The Kier molecular flexibility index (Phi) is 6.66. The van der Waals surface area contributed by atoms with Crippen LogP contribution in [0.25, 0.3) is 0 Å². The van der Waals surface area contributed by atoms with Gasteiger partial charge in [-0.3, -0.25) is 0 Å². The van der Waals surface area contributed by atoms with E-state index in [9.17, 15) is 8.42 Å². The molecule has 0 aliphatic carbocycles. The highest BCUT2D eigenvalue weighted by atomic mass is 32.2. The molecule has 17 heavy (non-hydrogen) atoms. The summed E-state index contributed by atoms with van der Waals surface area (Å²) in [6.45, 7) is 9.01. The Hall–Kier alpha value is -0.130. The third kappa shape index (κ3) is 5.84. The quantitative estimate of drug-likeness (QED) is 0.712. The molecule has 0 saturated heterocycles. The van der Waals surface area contributed by atoms with Gasteiger partial charge in [0.15, 0.2) is 0 Å². The van der Waals surface area contributed by atoms with Crippen LogP contribution in [0.5, 0.6) is 0 Å². The Morgan fingerprint density at radius 3 is 2.18 bits per heavy atom. The van der Waals surface area contributed by atoms with E-state index < -0.39 is 10.0 Å². The highest BCUT2D eigenvalue weighted by Gasteiger charge is 2.30. The van der Waals surface area contributed by atoms with Crippen LogP contribution in [0.1, 0.15) is 40.5 Å². The maximum Gasteiger partial charge on any atom is 0.214 e. The third-order valence-corrected chi connectivity index (χ3v) is 5.31. The van der Waals surface area contributed by atoms with E-state index in [1.165, 1.54) is 4.31 Å². The zero-order chi connectivity index (χ0) is 13.7. The first kappa shape index (κ1) is 16.9. The molecule has 0 aromatic rings. The summed E-state index contributed by atoms with van der Waals surface area (Å²) in [5.41, 5.74) is -0.0349. The van der Waals surface area contributed by atoms with Crippen molar-refractivity contribution in [2.45, 2.75) is 46.6 Å². The third-order valence-electron chi connectivity index (χ3n) is 3.32. The average Bonchev–Trinajstić information content (AvgIpc) is 2.21. The lowest BCUT2D eigenvalue weighted by Gasteiger charge is -2.34. The molecule has 5 heteroatoms. The van der Waals surface area contributed by atoms with Crippen molar-refractivity contribution in [3.05, 3.63) is 0 Å². The Labute approximate surface area is 107 Å². The maximum absolute atomic E-state index is 12.1. The fourth-order valence-corrected chi connectivity index (χ4v) is 3.17. The molecule has 0 aliphatic heterocycles. The summed E-state index contributed by atoms with van der Waals surface area (Å²) in [5, 5.41) is 3.02. The molecule has 0 radical (unpaired) electrons. The number of hydrogen-bond acceptors (Lipinski definition) is 3. The zero-order valence-electron chi connectivity index (χ0n) is 12.1. The van der Waals surface area contributed by atoms with Crippen LogP contribution in [0, 0.1) is 5.41 Å². The van der Waals surface area contributed by atoms with Crippen molar-refractivity contribution in [1.29, 1.82) is 0 Å². The Morgan fingerprint density at radius 1 is 1.24 bits per heavy atom. The van der Waals surface area contributed by atoms with Crippen molar-refractivity contribution >= 4 is 10.0 Å². The van der Waals surface area contributed by atoms with Crippen LogP contribution in [0.15, 0.2) is 0 Å². The summed E-state index contributed by atoms with van der Waals surface area (Å²) in [5.74, 6) is 0.242. The molecule has 0 amide bonds. The van der Waals surface area contributed by atoms with Gasteiger partial charge in [-0.2, -0.15) is 0 Å². The maximum atomic E-state index is 12.1. The minimum Gasteiger partial charge on any atom is -0.320 e. The van der Waals surface area contributed by atoms with Crippen molar-refractivity contribution in [3.63, 3.8) is 0 Å². The molecule has 0 heterocycles. The van der Waals surface area contributed by atoms with Crippen LogP contribution in [0.3, 0.4) is 0 Å². The summed E-state index contributed by atoms with van der Waals surface area (Å²) in [6.07, 6.45) is 1.61. The van der Waals surface area contributed by atoms with Gasteiger partial charge < -0.3 is 5.32 Å². The van der Waals surface area contributed by atoms with E-state index in [0.29, 0.717) is 6.42 Å². The van der Waals surface area contributed by atoms with Crippen LogP contribution >= 0.6 is 0 Å². The smallest absolute Gasteiger partial charge is 0.214 e. The lowest BCUT2D eigenvalue weighted by atomic mass is 9.88. The number of nitrogens with one attached hydrogen (secondary N) is 1. The van der Waals surface area contributed by atoms with Gasteiger partial charge in [-0.1, -0.05) is 20.8 Å². The van der Waals surface area contributed by atoms with Crippen LogP contribution in [0.2, 0.25) is 0 Å². The second-order valence-electron chi connectivity index (χ2n) is 5.68. The zero-order valence-corrected chi connectivity index (χ0v) is 12.9. The van der Waals surface area contributed by atoms with Gasteiger partial charge in [-0.25, -0.2) is 12.7 Å². The summed E-state index contributed by atoms with van der Waals surface area (Å²) in [7, 11) is 0.444. The van der Waals surface area contributed by atoms with Gasteiger partial charge in [0, 0.05) is 13.1 Å². The Bertz CT molecular complexity index is 307. The SMILES string of the molecule is CNCCCCS(=O)(=O)N(C)C(C)C(C)(C)C. The first-order chi connectivity index (χ1) is 7.63. The number of nitrogens with zero attached hydrogens (tertiary/aromatic N) is 1. The standard InChI is InChI=1S/C12H28N2O2S/c1-11(12(2,3)4)14(6)17(15,16)10-8-7-9-13-5/h11,13H,7-10H2,1-6H3. The Morgan fingerprint density at radius 2 is 1.76 bits per heavy atom. The van der Waals surface area contributed by atoms with E-state index in [0.717, 1.165) is 13.0 Å². The fourth-order valence-electron chi connectivity index (χ4n) is 1.52. The van der Waals surface area contributed by atoms with E-state index in [-0.39, 0.29) is 17.2 Å². The van der Waals surface area contributed by atoms with E-state index >= 15 is 0 Å². The number of sulfonamides is 1. The first-order valence-electron chi connectivity index (χ1n) is 6.23. The van der Waals surface area contributed by atoms with Crippen LogP contribution in [0.4, 0.5) is 0 Å². The molecule has 0 aromatic carbocycles. The van der Waals surface area contributed by atoms with Gasteiger partial charge in [-0.05, 0) is 38.8 Å². The summed E-state index contributed by atoms with van der Waals surface area (Å²) in [4.78, 5) is 0. The molecule has 0 aromatic heterocycles. The summed E-state index contributed by atoms with van der Waals surface area (Å²) in [6, 6.07) is 0.0109. The number of rotatable bonds is 7. The average molecular weight is 264 g/mol. The van der Waals surface area contributed by atoms with Crippen molar-refractivity contribution < 1.29 is 8.42 Å². The van der Waals surface area contributed by atoms with Gasteiger partial charge in [0.05, 0.1) is 5.75 Å². The van der Waals surface area contributed by atoms with Gasteiger partial charge >= 0.3 is 0 Å². The van der Waals surface area contributed by atoms with Gasteiger partial charge in [0.25, 0.3) is 0 Å². The lowest BCUT2D eigenvalue weighted by molar-refractivity contribution is 0.216. The van der Waals surface area contributed by atoms with E-state index in [1.807, 2.05) is 14.0 Å². The fraction of sp³-hybridized carbons (Fsp3) is 1.00. The van der Waals surface area contributed by atoms with Gasteiger partial charge in [0.2, 0.25) is 10.0 Å². The molecular weight excluding hydrogens is 236 g/mol. The molecule has 1 unspecified atom stereocenters. The second-order valence-corrected chi connectivity index (χ2v) is 7.83. The molecule has 1 N–H and O–H groups in total. The van der Waals surface area contributed by atoms with Crippen molar-refractivity contribution in [3.8, 4) is 0 Å². The van der Waals surface area contributed by atoms with Crippen LogP contribution < -0.4 is 5.32 Å². The molecule has 0 bridgehead atoms. The Balaban J connectivity index is 4.40. The molecule has 1 atom stereocenters. The predicted octanol–water partition coefficient (Wildman–Crippen LogP) is 1.68. The van der Waals surface area contributed by atoms with Gasteiger partial charge in [0.1, 0.15) is 0 Å². The van der Waals surface area contributed by atoms with Crippen molar-refractivity contribution in [1.82, 2.24) is 9.62 Å². The topological polar surface area (TPSA) is 49.4 Å². The minimum atomic E-state index is -3.12. The molecule has 0 spiro atoms. The molecule has 4 nitrogen and oxygen atoms in total. The first-order valence-corrected chi connectivity index (χ1v) is 7.84. The van der Waals surface area contributed by atoms with Crippen LogP contribution in [-0.2, 0) is 10.0 Å². The monoisotopic (exact) mass is 264 g/mol.